The zero-order valence-electron chi connectivity index (χ0n) is 10.4. The van der Waals surface area contributed by atoms with Crippen molar-refractivity contribution < 1.29 is 9.53 Å². The average molecular weight is 275 g/mol. The van der Waals surface area contributed by atoms with Crippen LogP contribution in [-0.2, 0) is 9.53 Å². The number of nitrogens with zero attached hydrogens (tertiary/aromatic N) is 2. The molecule has 0 aliphatic heterocycles. The fourth-order valence-corrected chi connectivity index (χ4v) is 3.78. The van der Waals surface area contributed by atoms with Crippen LogP contribution in [0.3, 0.4) is 0 Å². The van der Waals surface area contributed by atoms with Crippen LogP contribution in [-0.4, -0.2) is 34.1 Å². The lowest BCUT2D eigenvalue weighted by Crippen LogP contribution is -2.47. The van der Waals surface area contributed by atoms with E-state index in [1.807, 2.05) is 13.8 Å². The van der Waals surface area contributed by atoms with Crippen LogP contribution in [0.25, 0.3) is 0 Å². The third-order valence-electron chi connectivity index (χ3n) is 2.17. The molecule has 0 aliphatic rings. The summed E-state index contributed by atoms with van der Waals surface area (Å²) in [4.78, 5) is 11.4. The predicted octanol–water partition coefficient (Wildman–Crippen LogP) is 1.61. The zero-order chi connectivity index (χ0) is 13.1. The van der Waals surface area contributed by atoms with Gasteiger partial charge in [-0.3, -0.25) is 4.79 Å². The molecule has 2 N–H and O–H groups in total. The molecule has 1 aromatic rings. The fourth-order valence-electron chi connectivity index (χ4n) is 1.45. The van der Waals surface area contributed by atoms with Crippen LogP contribution in [0.15, 0.2) is 4.34 Å². The zero-order valence-corrected chi connectivity index (χ0v) is 12.0. The van der Waals surface area contributed by atoms with E-state index in [9.17, 15) is 4.79 Å². The van der Waals surface area contributed by atoms with E-state index in [0.717, 1.165) is 9.35 Å². The molecule has 0 amide bonds. The largest absolute Gasteiger partial charge is 0.468 e. The molecule has 1 rings (SSSR count). The highest BCUT2D eigenvalue weighted by molar-refractivity contribution is 8.01. The number of esters is 1. The second kappa shape index (κ2) is 5.79. The van der Waals surface area contributed by atoms with Gasteiger partial charge in [0.15, 0.2) is 4.34 Å². The summed E-state index contributed by atoms with van der Waals surface area (Å²) in [5.74, 6) is -0.390. The van der Waals surface area contributed by atoms with Crippen LogP contribution in [0.2, 0.25) is 0 Å². The van der Waals surface area contributed by atoms with Crippen molar-refractivity contribution in [3.05, 3.63) is 5.01 Å². The summed E-state index contributed by atoms with van der Waals surface area (Å²) in [6.07, 6.45) is 0.531. The summed E-state index contributed by atoms with van der Waals surface area (Å²) in [6, 6.07) is 0. The normalized spacial score (nSPS) is 16.3. The smallest absolute Gasteiger partial charge is 0.325 e. The molecule has 0 bridgehead atoms. The van der Waals surface area contributed by atoms with Gasteiger partial charge in [0, 0.05) is 5.25 Å². The van der Waals surface area contributed by atoms with Crippen LogP contribution in [0.1, 0.15) is 25.3 Å². The third kappa shape index (κ3) is 4.25. The van der Waals surface area contributed by atoms with Crippen molar-refractivity contribution in [2.75, 3.05) is 7.11 Å². The molecule has 0 spiro atoms. The molecule has 2 atom stereocenters. The lowest BCUT2D eigenvalue weighted by atomic mass is 9.98. The monoisotopic (exact) mass is 275 g/mol. The van der Waals surface area contributed by atoms with Gasteiger partial charge in [0.1, 0.15) is 10.5 Å². The van der Waals surface area contributed by atoms with E-state index < -0.39 is 11.5 Å². The molecule has 0 aromatic carbocycles. The van der Waals surface area contributed by atoms with E-state index in [1.165, 1.54) is 18.4 Å². The lowest BCUT2D eigenvalue weighted by Gasteiger charge is -2.24. The van der Waals surface area contributed by atoms with E-state index in [2.05, 4.69) is 14.9 Å². The van der Waals surface area contributed by atoms with Crippen molar-refractivity contribution in [2.24, 2.45) is 5.73 Å². The number of methoxy groups -OCH3 is 1. The Bertz CT molecular complexity index is 393. The molecule has 7 heteroatoms. The average Bonchev–Trinajstić information content (AvgIpc) is 2.61. The molecular weight excluding hydrogens is 258 g/mol. The second-order valence-corrected chi connectivity index (χ2v) is 7.00. The number of hydrogen-bond donors (Lipinski definition) is 1. The van der Waals surface area contributed by atoms with E-state index >= 15 is 0 Å². The lowest BCUT2D eigenvalue weighted by molar-refractivity contribution is -0.146. The number of thioether (sulfide) groups is 1. The molecule has 1 aromatic heterocycles. The summed E-state index contributed by atoms with van der Waals surface area (Å²) in [5.41, 5.74) is 4.95. The Labute approximate surface area is 109 Å². The van der Waals surface area contributed by atoms with Crippen molar-refractivity contribution in [3.8, 4) is 0 Å². The number of carbonyl (C=O) groups excluding carboxylic acids is 1. The Kier molecular flexibility index (Phi) is 4.91. The van der Waals surface area contributed by atoms with Gasteiger partial charge in [-0.2, -0.15) is 0 Å². The third-order valence-corrected chi connectivity index (χ3v) is 4.20. The SMILES string of the molecule is COC(=O)C(C)(N)CC(C)Sc1nnc(C)s1. The molecule has 2 unspecified atom stereocenters. The van der Waals surface area contributed by atoms with Gasteiger partial charge in [-0.1, -0.05) is 30.0 Å². The number of aryl methyl sites for hydroxylation is 1. The summed E-state index contributed by atoms with van der Waals surface area (Å²) >= 11 is 3.12. The van der Waals surface area contributed by atoms with Crippen LogP contribution < -0.4 is 5.73 Å². The van der Waals surface area contributed by atoms with Gasteiger partial charge in [-0.15, -0.1) is 10.2 Å². The molecule has 17 heavy (non-hydrogen) atoms. The molecule has 0 saturated carbocycles. The number of hydrogen-bond acceptors (Lipinski definition) is 7. The first-order valence-electron chi connectivity index (χ1n) is 5.19. The Morgan fingerprint density at radius 3 is 2.76 bits per heavy atom. The van der Waals surface area contributed by atoms with Crippen LogP contribution in [0, 0.1) is 6.92 Å². The van der Waals surface area contributed by atoms with Crippen molar-refractivity contribution in [3.63, 3.8) is 0 Å². The van der Waals surface area contributed by atoms with Crippen LogP contribution in [0.4, 0.5) is 0 Å². The fraction of sp³-hybridized carbons (Fsp3) is 0.700. The van der Waals surface area contributed by atoms with Gasteiger partial charge >= 0.3 is 5.97 Å². The Hall–Kier alpha value is -0.660. The standard InChI is InChI=1S/C10H17N3O2S2/c1-6(5-10(3,11)8(14)15-4)16-9-13-12-7(2)17-9/h6H,5,11H2,1-4H3. The Morgan fingerprint density at radius 2 is 2.29 bits per heavy atom. The van der Waals surface area contributed by atoms with Crippen LogP contribution in [0.5, 0.6) is 0 Å². The van der Waals surface area contributed by atoms with Gasteiger partial charge in [-0.25, -0.2) is 0 Å². The number of nitrogens with two attached hydrogens (primary N) is 1. The summed E-state index contributed by atoms with van der Waals surface area (Å²) in [7, 11) is 1.35. The highest BCUT2D eigenvalue weighted by atomic mass is 32.2. The number of carbonyl (C=O) groups is 1. The number of ether oxygens (including phenoxy) is 1. The maximum Gasteiger partial charge on any atom is 0.325 e. The Balaban J connectivity index is 2.54. The topological polar surface area (TPSA) is 78.1 Å². The quantitative estimate of drug-likeness (QED) is 0.649. The highest BCUT2D eigenvalue weighted by Gasteiger charge is 2.31. The van der Waals surface area contributed by atoms with E-state index in [0.29, 0.717) is 6.42 Å². The minimum Gasteiger partial charge on any atom is -0.468 e. The first kappa shape index (κ1) is 14.4. The molecule has 0 radical (unpaired) electrons. The van der Waals surface area contributed by atoms with E-state index in [-0.39, 0.29) is 5.25 Å². The maximum atomic E-state index is 11.4. The van der Waals surface area contributed by atoms with Gasteiger partial charge in [-0.05, 0) is 20.3 Å². The first-order valence-corrected chi connectivity index (χ1v) is 6.89. The molecule has 5 nitrogen and oxygen atoms in total. The van der Waals surface area contributed by atoms with Gasteiger partial charge in [0.2, 0.25) is 0 Å². The summed E-state index contributed by atoms with van der Waals surface area (Å²) in [6.45, 7) is 5.60. The molecule has 1 heterocycles. The molecule has 96 valence electrons. The van der Waals surface area contributed by atoms with Crippen molar-refractivity contribution in [1.29, 1.82) is 0 Å². The van der Waals surface area contributed by atoms with E-state index in [4.69, 9.17) is 5.73 Å². The van der Waals surface area contributed by atoms with Gasteiger partial charge in [0.05, 0.1) is 7.11 Å². The van der Waals surface area contributed by atoms with Crippen molar-refractivity contribution in [1.82, 2.24) is 10.2 Å². The molecular formula is C10H17N3O2S2. The van der Waals surface area contributed by atoms with Crippen LogP contribution >= 0.6 is 23.1 Å². The minimum absolute atomic E-state index is 0.177. The summed E-state index contributed by atoms with van der Waals surface area (Å²) in [5, 5.41) is 9.08. The predicted molar refractivity (Wildman–Crippen MR) is 69.2 cm³/mol. The highest BCUT2D eigenvalue weighted by Crippen LogP contribution is 2.30. The maximum absolute atomic E-state index is 11.4. The Morgan fingerprint density at radius 1 is 1.65 bits per heavy atom. The second-order valence-electron chi connectivity index (χ2n) is 4.13. The van der Waals surface area contributed by atoms with E-state index in [1.54, 1.807) is 18.7 Å². The first-order chi connectivity index (χ1) is 7.85. The number of aromatic nitrogens is 2. The molecule has 0 fully saturated rings. The minimum atomic E-state index is -0.957. The number of rotatable bonds is 5. The van der Waals surface area contributed by atoms with Crippen molar-refractivity contribution in [2.45, 2.75) is 42.3 Å². The molecule has 0 aliphatic carbocycles. The summed E-state index contributed by atoms with van der Waals surface area (Å²) < 4.78 is 5.57. The van der Waals surface area contributed by atoms with Crippen molar-refractivity contribution >= 4 is 29.1 Å². The van der Waals surface area contributed by atoms with Gasteiger partial charge in [0.25, 0.3) is 0 Å². The van der Waals surface area contributed by atoms with Gasteiger partial charge < -0.3 is 10.5 Å². The molecule has 0 saturated heterocycles.